The molecule has 0 atom stereocenters. The lowest BCUT2D eigenvalue weighted by molar-refractivity contribution is 1.06. The summed E-state index contributed by atoms with van der Waals surface area (Å²) in [7, 11) is 0. The second-order valence-electron chi connectivity index (χ2n) is 4.35. The van der Waals surface area contributed by atoms with Crippen molar-refractivity contribution in [1.82, 2.24) is 4.98 Å². The third kappa shape index (κ3) is 2.95. The van der Waals surface area contributed by atoms with Crippen LogP contribution in [0.25, 0.3) is 10.2 Å². The Balaban J connectivity index is 1.70. The summed E-state index contributed by atoms with van der Waals surface area (Å²) < 4.78 is 1.13. The number of hydrogen-bond donors (Lipinski definition) is 2. The SMILES string of the molecule is NC(=NCc1ccccc1)Nc1ccc2ncsc2c1. The first-order valence-corrected chi connectivity index (χ1v) is 7.13. The molecule has 0 unspecified atom stereocenters. The van der Waals surface area contributed by atoms with Gasteiger partial charge in [-0.25, -0.2) is 9.98 Å². The van der Waals surface area contributed by atoms with E-state index in [1.54, 1.807) is 11.3 Å². The molecule has 0 fully saturated rings. The molecular weight excluding hydrogens is 268 g/mol. The van der Waals surface area contributed by atoms with E-state index in [0.29, 0.717) is 12.5 Å². The number of nitrogens with two attached hydrogens (primary N) is 1. The van der Waals surface area contributed by atoms with E-state index in [1.165, 1.54) is 0 Å². The molecule has 100 valence electrons. The van der Waals surface area contributed by atoms with E-state index in [1.807, 2.05) is 54.0 Å². The molecule has 4 nitrogen and oxygen atoms in total. The Morgan fingerprint density at radius 3 is 2.90 bits per heavy atom. The van der Waals surface area contributed by atoms with Crippen molar-refractivity contribution < 1.29 is 0 Å². The van der Waals surface area contributed by atoms with Gasteiger partial charge in [-0.3, -0.25) is 0 Å². The highest BCUT2D eigenvalue weighted by Crippen LogP contribution is 2.21. The number of nitrogens with zero attached hydrogens (tertiary/aromatic N) is 2. The van der Waals surface area contributed by atoms with Gasteiger partial charge in [0.1, 0.15) is 0 Å². The molecule has 3 aromatic rings. The lowest BCUT2D eigenvalue weighted by atomic mass is 10.2. The van der Waals surface area contributed by atoms with Crippen molar-refractivity contribution in [3.8, 4) is 0 Å². The zero-order chi connectivity index (χ0) is 13.8. The second kappa shape index (κ2) is 5.71. The largest absolute Gasteiger partial charge is 0.370 e. The second-order valence-corrected chi connectivity index (χ2v) is 5.23. The highest BCUT2D eigenvalue weighted by molar-refractivity contribution is 7.16. The van der Waals surface area contributed by atoms with Crippen LogP contribution in [0.5, 0.6) is 0 Å². The minimum atomic E-state index is 0.415. The quantitative estimate of drug-likeness (QED) is 0.572. The van der Waals surface area contributed by atoms with Crippen LogP contribution in [0.1, 0.15) is 5.56 Å². The maximum Gasteiger partial charge on any atom is 0.193 e. The number of benzene rings is 2. The van der Waals surface area contributed by atoms with E-state index in [-0.39, 0.29) is 0 Å². The van der Waals surface area contributed by atoms with Crippen molar-refractivity contribution in [1.29, 1.82) is 0 Å². The first-order chi connectivity index (χ1) is 9.81. The van der Waals surface area contributed by atoms with Crippen LogP contribution in [0.15, 0.2) is 59.0 Å². The van der Waals surface area contributed by atoms with Gasteiger partial charge in [-0.05, 0) is 23.8 Å². The Kier molecular flexibility index (Phi) is 3.60. The molecule has 20 heavy (non-hydrogen) atoms. The zero-order valence-corrected chi connectivity index (χ0v) is 11.6. The maximum absolute atomic E-state index is 5.90. The van der Waals surface area contributed by atoms with E-state index in [2.05, 4.69) is 15.3 Å². The Morgan fingerprint density at radius 2 is 2.05 bits per heavy atom. The number of anilines is 1. The number of nitrogens with one attached hydrogen (secondary N) is 1. The number of fused-ring (bicyclic) bond motifs is 1. The summed E-state index contributed by atoms with van der Waals surface area (Å²) in [6, 6.07) is 16.0. The Labute approximate surface area is 121 Å². The fourth-order valence-electron chi connectivity index (χ4n) is 1.88. The van der Waals surface area contributed by atoms with E-state index in [0.717, 1.165) is 21.5 Å². The summed E-state index contributed by atoms with van der Waals surface area (Å²) in [6.45, 7) is 0.572. The lowest BCUT2D eigenvalue weighted by Crippen LogP contribution is -2.22. The third-order valence-corrected chi connectivity index (χ3v) is 3.67. The third-order valence-electron chi connectivity index (χ3n) is 2.88. The number of guanidine groups is 1. The number of rotatable bonds is 3. The number of aromatic nitrogens is 1. The average molecular weight is 282 g/mol. The molecule has 5 heteroatoms. The monoisotopic (exact) mass is 282 g/mol. The zero-order valence-electron chi connectivity index (χ0n) is 10.8. The van der Waals surface area contributed by atoms with Crippen molar-refractivity contribution in [2.45, 2.75) is 6.54 Å². The topological polar surface area (TPSA) is 63.3 Å². The van der Waals surface area contributed by atoms with Crippen LogP contribution in [0.3, 0.4) is 0 Å². The van der Waals surface area contributed by atoms with Crippen molar-refractivity contribution in [2.75, 3.05) is 5.32 Å². The van der Waals surface area contributed by atoms with Crippen LogP contribution in [0.4, 0.5) is 5.69 Å². The average Bonchev–Trinajstić information content (AvgIpc) is 2.94. The molecule has 0 amide bonds. The highest BCUT2D eigenvalue weighted by Gasteiger charge is 2.00. The van der Waals surface area contributed by atoms with E-state index < -0.39 is 0 Å². The van der Waals surface area contributed by atoms with Gasteiger partial charge in [0, 0.05) is 5.69 Å². The van der Waals surface area contributed by atoms with Crippen molar-refractivity contribution >= 4 is 33.2 Å². The van der Waals surface area contributed by atoms with Crippen LogP contribution in [0.2, 0.25) is 0 Å². The molecule has 0 bridgehead atoms. The standard InChI is InChI=1S/C15H14N4S/c16-15(17-9-11-4-2-1-3-5-11)19-12-6-7-13-14(8-12)20-10-18-13/h1-8,10H,9H2,(H3,16,17,19). The predicted octanol–water partition coefficient (Wildman–Crippen LogP) is 3.22. The lowest BCUT2D eigenvalue weighted by Gasteiger charge is -2.05. The highest BCUT2D eigenvalue weighted by atomic mass is 32.1. The molecule has 0 spiro atoms. The van der Waals surface area contributed by atoms with E-state index >= 15 is 0 Å². The molecule has 3 N–H and O–H groups in total. The van der Waals surface area contributed by atoms with Gasteiger partial charge in [-0.15, -0.1) is 11.3 Å². The molecule has 0 aliphatic heterocycles. The number of hydrogen-bond acceptors (Lipinski definition) is 3. The molecule has 1 heterocycles. The number of thiazole rings is 1. The summed E-state index contributed by atoms with van der Waals surface area (Å²) >= 11 is 1.61. The van der Waals surface area contributed by atoms with Gasteiger partial charge in [0.2, 0.25) is 0 Å². The smallest absolute Gasteiger partial charge is 0.193 e. The summed E-state index contributed by atoms with van der Waals surface area (Å²) in [5, 5.41) is 3.10. The first kappa shape index (κ1) is 12.6. The molecule has 0 saturated heterocycles. The minimum Gasteiger partial charge on any atom is -0.370 e. The normalized spacial score (nSPS) is 11.7. The Bertz CT molecular complexity index is 734. The maximum atomic E-state index is 5.90. The van der Waals surface area contributed by atoms with Gasteiger partial charge >= 0.3 is 0 Å². The summed E-state index contributed by atoms with van der Waals surface area (Å²) in [5.74, 6) is 0.415. The first-order valence-electron chi connectivity index (χ1n) is 6.25. The minimum absolute atomic E-state index is 0.415. The predicted molar refractivity (Wildman–Crippen MR) is 85.0 cm³/mol. The fourth-order valence-corrected chi connectivity index (χ4v) is 2.60. The van der Waals surface area contributed by atoms with Crippen molar-refractivity contribution in [3.05, 3.63) is 59.6 Å². The molecular formula is C15H14N4S. The van der Waals surface area contributed by atoms with Gasteiger partial charge in [0.25, 0.3) is 0 Å². The van der Waals surface area contributed by atoms with Crippen LogP contribution in [0, 0.1) is 0 Å². The van der Waals surface area contributed by atoms with Crippen LogP contribution >= 0.6 is 11.3 Å². The van der Waals surface area contributed by atoms with E-state index in [4.69, 9.17) is 5.73 Å². The van der Waals surface area contributed by atoms with Gasteiger partial charge in [-0.2, -0.15) is 0 Å². The summed E-state index contributed by atoms with van der Waals surface area (Å²) in [4.78, 5) is 8.57. The van der Waals surface area contributed by atoms with Crippen LogP contribution in [-0.4, -0.2) is 10.9 Å². The molecule has 2 aromatic carbocycles. The molecule has 1 aromatic heterocycles. The van der Waals surface area contributed by atoms with Crippen molar-refractivity contribution in [3.63, 3.8) is 0 Å². The molecule has 0 radical (unpaired) electrons. The van der Waals surface area contributed by atoms with E-state index in [9.17, 15) is 0 Å². The van der Waals surface area contributed by atoms with Crippen LogP contribution < -0.4 is 11.1 Å². The Hall–Kier alpha value is -2.40. The Morgan fingerprint density at radius 1 is 1.20 bits per heavy atom. The fraction of sp³-hybridized carbons (Fsp3) is 0.0667. The van der Waals surface area contributed by atoms with Gasteiger partial charge in [-0.1, -0.05) is 30.3 Å². The van der Waals surface area contributed by atoms with Gasteiger partial charge < -0.3 is 11.1 Å². The molecule has 0 aliphatic carbocycles. The van der Waals surface area contributed by atoms with Crippen LogP contribution in [-0.2, 0) is 6.54 Å². The summed E-state index contributed by atoms with van der Waals surface area (Å²) in [5.41, 5.74) is 10.8. The molecule has 0 aliphatic rings. The number of aliphatic imine (C=N–C) groups is 1. The molecule has 3 rings (SSSR count). The molecule has 0 saturated carbocycles. The summed E-state index contributed by atoms with van der Waals surface area (Å²) in [6.07, 6.45) is 0. The van der Waals surface area contributed by atoms with Gasteiger partial charge in [0.15, 0.2) is 5.96 Å². The van der Waals surface area contributed by atoms with Crippen molar-refractivity contribution in [2.24, 2.45) is 10.7 Å². The van der Waals surface area contributed by atoms with Gasteiger partial charge in [0.05, 0.1) is 22.3 Å².